The summed E-state index contributed by atoms with van der Waals surface area (Å²) in [6, 6.07) is 3.59. The molecule has 0 saturated carbocycles. The van der Waals surface area contributed by atoms with Crippen LogP contribution in [-0.4, -0.2) is 53.3 Å². The van der Waals surface area contributed by atoms with Crippen LogP contribution in [0.1, 0.15) is 0 Å². The van der Waals surface area contributed by atoms with Gasteiger partial charge in [0.05, 0.1) is 20.3 Å². The van der Waals surface area contributed by atoms with E-state index < -0.39 is 0 Å². The lowest BCUT2D eigenvalue weighted by molar-refractivity contribution is 0.122. The topological polar surface area (TPSA) is 99.3 Å². The number of nitrogen functional groups attached to an aromatic ring is 1. The highest BCUT2D eigenvalue weighted by molar-refractivity contribution is 5.57. The molecule has 2 N–H and O–H groups in total. The number of pyridine rings is 1. The van der Waals surface area contributed by atoms with E-state index in [9.17, 15) is 0 Å². The van der Waals surface area contributed by atoms with Crippen molar-refractivity contribution in [2.75, 3.05) is 44.0 Å². The van der Waals surface area contributed by atoms with E-state index in [1.807, 2.05) is 11.0 Å². The Kier molecular flexibility index (Phi) is 3.78. The van der Waals surface area contributed by atoms with Crippen molar-refractivity contribution in [2.45, 2.75) is 0 Å². The summed E-state index contributed by atoms with van der Waals surface area (Å²) in [4.78, 5) is 19.0. The van der Waals surface area contributed by atoms with Gasteiger partial charge >= 0.3 is 0 Å². The van der Waals surface area contributed by atoms with Crippen LogP contribution in [0.2, 0.25) is 0 Å². The summed E-state index contributed by atoms with van der Waals surface area (Å²) < 4.78 is 10.4. The number of anilines is 2. The van der Waals surface area contributed by atoms with Crippen molar-refractivity contribution in [3.05, 3.63) is 18.3 Å². The summed E-state index contributed by atoms with van der Waals surface area (Å²) in [5, 5.41) is 0. The molecule has 0 spiro atoms. The Morgan fingerprint density at radius 2 is 2.00 bits per heavy atom. The lowest BCUT2D eigenvalue weighted by Crippen LogP contribution is -2.37. The van der Waals surface area contributed by atoms with Crippen LogP contribution in [0.15, 0.2) is 18.3 Å². The second-order valence-electron chi connectivity index (χ2n) is 4.51. The summed E-state index contributed by atoms with van der Waals surface area (Å²) in [7, 11) is 1.57. The number of rotatable bonds is 3. The normalized spacial score (nSPS) is 15.0. The number of morpholine rings is 1. The molecule has 2 aromatic rings. The minimum atomic E-state index is 0.192. The lowest BCUT2D eigenvalue weighted by atomic mass is 10.2. The number of methoxy groups -OCH3 is 1. The molecule has 1 aliphatic heterocycles. The van der Waals surface area contributed by atoms with Crippen LogP contribution in [0, 0.1) is 0 Å². The molecule has 0 amide bonds. The maximum absolute atomic E-state index is 5.79. The molecule has 2 aromatic heterocycles. The average Bonchev–Trinajstić information content (AvgIpc) is 2.55. The van der Waals surface area contributed by atoms with Gasteiger partial charge in [-0.2, -0.15) is 15.0 Å². The summed E-state index contributed by atoms with van der Waals surface area (Å²) in [5.41, 5.74) is 6.56. The van der Waals surface area contributed by atoms with Gasteiger partial charge in [-0.3, -0.25) is 0 Å². The quantitative estimate of drug-likeness (QED) is 0.864. The van der Waals surface area contributed by atoms with Crippen LogP contribution in [0.4, 0.5) is 11.9 Å². The van der Waals surface area contributed by atoms with E-state index in [2.05, 4.69) is 19.9 Å². The molecule has 1 saturated heterocycles. The number of nitrogens with zero attached hydrogens (tertiary/aromatic N) is 5. The van der Waals surface area contributed by atoms with Gasteiger partial charge in [0.2, 0.25) is 17.8 Å². The van der Waals surface area contributed by atoms with Gasteiger partial charge in [0, 0.05) is 30.9 Å². The van der Waals surface area contributed by atoms with Crippen molar-refractivity contribution in [3.8, 4) is 17.3 Å². The van der Waals surface area contributed by atoms with Crippen molar-refractivity contribution < 1.29 is 9.47 Å². The molecule has 0 atom stereocenters. The van der Waals surface area contributed by atoms with Crippen LogP contribution in [0.3, 0.4) is 0 Å². The fourth-order valence-corrected chi connectivity index (χ4v) is 2.05. The summed E-state index contributed by atoms with van der Waals surface area (Å²) in [5.74, 6) is 1.79. The summed E-state index contributed by atoms with van der Waals surface area (Å²) in [6.45, 7) is 2.80. The molecular weight excluding hydrogens is 272 g/mol. The zero-order valence-corrected chi connectivity index (χ0v) is 11.7. The van der Waals surface area contributed by atoms with Crippen molar-refractivity contribution in [3.63, 3.8) is 0 Å². The third-order valence-corrected chi connectivity index (χ3v) is 3.14. The second-order valence-corrected chi connectivity index (χ2v) is 4.51. The van der Waals surface area contributed by atoms with Crippen LogP contribution in [0.25, 0.3) is 11.4 Å². The van der Waals surface area contributed by atoms with Gasteiger partial charge in [-0.1, -0.05) is 0 Å². The number of aromatic nitrogens is 4. The van der Waals surface area contributed by atoms with Crippen molar-refractivity contribution >= 4 is 11.9 Å². The Balaban J connectivity index is 1.92. The molecule has 0 bridgehead atoms. The molecule has 1 aliphatic rings. The lowest BCUT2D eigenvalue weighted by Gasteiger charge is -2.26. The minimum Gasteiger partial charge on any atom is -0.481 e. The van der Waals surface area contributed by atoms with Crippen molar-refractivity contribution in [1.29, 1.82) is 0 Å². The first-order valence-corrected chi connectivity index (χ1v) is 6.61. The molecule has 110 valence electrons. The minimum absolute atomic E-state index is 0.192. The number of ether oxygens (including phenoxy) is 2. The van der Waals surface area contributed by atoms with Gasteiger partial charge < -0.3 is 20.1 Å². The molecule has 0 radical (unpaired) electrons. The van der Waals surface area contributed by atoms with E-state index in [4.69, 9.17) is 15.2 Å². The molecule has 0 aliphatic carbocycles. The molecule has 1 fully saturated rings. The molecule has 0 aromatic carbocycles. The van der Waals surface area contributed by atoms with E-state index in [0.29, 0.717) is 30.9 Å². The Hall–Kier alpha value is -2.48. The Labute approximate surface area is 122 Å². The highest BCUT2D eigenvalue weighted by Crippen LogP contribution is 2.20. The van der Waals surface area contributed by atoms with Crippen LogP contribution >= 0.6 is 0 Å². The Morgan fingerprint density at radius 1 is 1.19 bits per heavy atom. The summed E-state index contributed by atoms with van der Waals surface area (Å²) >= 11 is 0. The number of hydrogen-bond donors (Lipinski definition) is 1. The fourth-order valence-electron chi connectivity index (χ4n) is 2.05. The molecule has 21 heavy (non-hydrogen) atoms. The predicted molar refractivity (Wildman–Crippen MR) is 77.1 cm³/mol. The Morgan fingerprint density at radius 3 is 2.67 bits per heavy atom. The fraction of sp³-hybridized carbons (Fsp3) is 0.385. The molecular formula is C13H16N6O2. The molecule has 8 nitrogen and oxygen atoms in total. The van der Waals surface area contributed by atoms with Gasteiger partial charge in [-0.25, -0.2) is 4.98 Å². The SMILES string of the molecule is COc1ccc(-c2nc(N)nc(N3CCOCC3)n2)cn1. The Bertz CT molecular complexity index is 613. The van der Waals surface area contributed by atoms with Gasteiger partial charge in [0.15, 0.2) is 5.82 Å². The first-order chi connectivity index (χ1) is 10.3. The van der Waals surface area contributed by atoms with Gasteiger partial charge in [-0.05, 0) is 6.07 Å². The number of hydrogen-bond acceptors (Lipinski definition) is 8. The second kappa shape index (κ2) is 5.88. The zero-order valence-electron chi connectivity index (χ0n) is 11.7. The molecule has 0 unspecified atom stereocenters. The maximum Gasteiger partial charge on any atom is 0.230 e. The van der Waals surface area contributed by atoms with E-state index in [0.717, 1.165) is 18.7 Å². The maximum atomic E-state index is 5.79. The largest absolute Gasteiger partial charge is 0.481 e. The summed E-state index contributed by atoms with van der Waals surface area (Å²) in [6.07, 6.45) is 1.65. The first kappa shape index (κ1) is 13.5. The highest BCUT2D eigenvalue weighted by Gasteiger charge is 2.16. The molecule has 8 heteroatoms. The molecule has 3 heterocycles. The van der Waals surface area contributed by atoms with Gasteiger partial charge in [0.1, 0.15) is 0 Å². The van der Waals surface area contributed by atoms with Crippen LogP contribution < -0.4 is 15.4 Å². The smallest absolute Gasteiger partial charge is 0.230 e. The van der Waals surface area contributed by atoms with E-state index in [-0.39, 0.29) is 5.95 Å². The third kappa shape index (κ3) is 3.00. The van der Waals surface area contributed by atoms with Gasteiger partial charge in [-0.15, -0.1) is 0 Å². The van der Waals surface area contributed by atoms with Crippen LogP contribution in [0.5, 0.6) is 5.88 Å². The first-order valence-electron chi connectivity index (χ1n) is 6.61. The molecule has 3 rings (SSSR count). The number of nitrogens with two attached hydrogens (primary N) is 1. The van der Waals surface area contributed by atoms with E-state index in [1.165, 1.54) is 0 Å². The average molecular weight is 288 g/mol. The standard InChI is InChI=1S/C13H16N6O2/c1-20-10-3-2-9(8-15-10)11-16-12(14)18-13(17-11)19-4-6-21-7-5-19/h2-3,8H,4-7H2,1H3,(H2,14,16,17,18). The highest BCUT2D eigenvalue weighted by atomic mass is 16.5. The van der Waals surface area contributed by atoms with Crippen LogP contribution in [-0.2, 0) is 4.74 Å². The van der Waals surface area contributed by atoms with Gasteiger partial charge in [0.25, 0.3) is 0 Å². The van der Waals surface area contributed by atoms with E-state index in [1.54, 1.807) is 19.4 Å². The van der Waals surface area contributed by atoms with Crippen molar-refractivity contribution in [1.82, 2.24) is 19.9 Å². The van der Waals surface area contributed by atoms with Crippen molar-refractivity contribution in [2.24, 2.45) is 0 Å². The van der Waals surface area contributed by atoms with E-state index >= 15 is 0 Å². The monoisotopic (exact) mass is 288 g/mol. The zero-order chi connectivity index (χ0) is 14.7. The predicted octanol–water partition coefficient (Wildman–Crippen LogP) is 0.361. The third-order valence-electron chi connectivity index (χ3n) is 3.14.